The lowest BCUT2D eigenvalue weighted by atomic mass is 9.87. The van der Waals surface area contributed by atoms with Gasteiger partial charge in [0.2, 0.25) is 0 Å². The van der Waals surface area contributed by atoms with E-state index in [1.54, 1.807) is 14.2 Å². The molecule has 0 amide bonds. The van der Waals surface area contributed by atoms with Crippen molar-refractivity contribution in [3.8, 4) is 0 Å². The molecule has 20 heavy (non-hydrogen) atoms. The summed E-state index contributed by atoms with van der Waals surface area (Å²) < 4.78 is 10.4. The van der Waals surface area contributed by atoms with Gasteiger partial charge in [0.25, 0.3) is 0 Å². The molecular weight excluding hydrogens is 266 g/mol. The highest BCUT2D eigenvalue weighted by Gasteiger charge is 2.23. The van der Waals surface area contributed by atoms with Gasteiger partial charge in [-0.1, -0.05) is 33.5 Å². The van der Waals surface area contributed by atoms with Gasteiger partial charge in [-0.3, -0.25) is 4.90 Å². The number of nitrogens with zero attached hydrogens (tertiary/aromatic N) is 1. The molecule has 0 spiro atoms. The molecule has 119 valence electrons. The Labute approximate surface area is 128 Å². The van der Waals surface area contributed by atoms with Crippen molar-refractivity contribution in [3.63, 3.8) is 0 Å². The fraction of sp³-hybridized carbons (Fsp3) is 0.812. The number of hydrogen-bond acceptors (Lipinski definition) is 3. The van der Waals surface area contributed by atoms with E-state index in [0.717, 1.165) is 32.8 Å². The minimum atomic E-state index is -1.10. The first-order valence-electron chi connectivity index (χ1n) is 7.44. The quantitative estimate of drug-likeness (QED) is 0.517. The van der Waals surface area contributed by atoms with E-state index in [-0.39, 0.29) is 5.41 Å². The molecule has 0 aromatic rings. The van der Waals surface area contributed by atoms with Gasteiger partial charge < -0.3 is 9.47 Å². The van der Waals surface area contributed by atoms with Crippen molar-refractivity contribution in [1.82, 2.24) is 4.90 Å². The first-order valence-corrected chi connectivity index (χ1v) is 11.0. The smallest absolute Gasteiger partial charge is 0.0589 e. The molecule has 0 aliphatic carbocycles. The summed E-state index contributed by atoms with van der Waals surface area (Å²) in [7, 11) is 2.40. The van der Waals surface area contributed by atoms with Gasteiger partial charge in [0.15, 0.2) is 0 Å². The molecular formula is C16H34NO2Si. The lowest BCUT2D eigenvalue weighted by Crippen LogP contribution is -2.39. The van der Waals surface area contributed by atoms with Gasteiger partial charge in [-0.15, -0.1) is 0 Å². The van der Waals surface area contributed by atoms with Gasteiger partial charge >= 0.3 is 0 Å². The third-order valence-electron chi connectivity index (χ3n) is 3.00. The second-order valence-electron chi connectivity index (χ2n) is 7.14. The highest BCUT2D eigenvalue weighted by Crippen LogP contribution is 2.24. The molecule has 0 rings (SSSR count). The van der Waals surface area contributed by atoms with E-state index in [9.17, 15) is 0 Å². The molecule has 0 aromatic heterocycles. The zero-order valence-corrected chi connectivity index (χ0v) is 15.5. The fourth-order valence-corrected chi connectivity index (χ4v) is 2.61. The molecule has 0 heterocycles. The molecule has 0 aliphatic rings. The highest BCUT2D eigenvalue weighted by molar-refractivity contribution is 6.79. The zero-order chi connectivity index (χ0) is 15.6. The van der Waals surface area contributed by atoms with Crippen LogP contribution in [0.25, 0.3) is 0 Å². The Balaban J connectivity index is 4.19. The predicted molar refractivity (Wildman–Crippen MR) is 90.2 cm³/mol. The van der Waals surface area contributed by atoms with Crippen molar-refractivity contribution < 1.29 is 9.47 Å². The number of methoxy groups -OCH3 is 2. The third kappa shape index (κ3) is 11.9. The van der Waals surface area contributed by atoms with Gasteiger partial charge in [-0.05, 0) is 24.3 Å². The van der Waals surface area contributed by atoms with Gasteiger partial charge in [0.05, 0.1) is 13.2 Å². The van der Waals surface area contributed by atoms with Crippen LogP contribution in [0, 0.1) is 24.3 Å². The normalized spacial score (nSPS) is 13.2. The summed E-state index contributed by atoms with van der Waals surface area (Å²) in [5.41, 5.74) is 0.164. The van der Waals surface area contributed by atoms with Crippen molar-refractivity contribution in [2.24, 2.45) is 5.41 Å². The predicted octanol–water partition coefficient (Wildman–Crippen LogP) is 3.10. The van der Waals surface area contributed by atoms with Gasteiger partial charge in [-0.25, -0.2) is 0 Å². The molecule has 0 unspecified atom stereocenters. The van der Waals surface area contributed by atoms with Crippen LogP contribution >= 0.6 is 0 Å². The Bertz CT molecular complexity index is 231. The van der Waals surface area contributed by atoms with E-state index in [1.165, 1.54) is 0 Å². The second-order valence-corrected chi connectivity index (χ2v) is 12.2. The zero-order valence-electron chi connectivity index (χ0n) is 14.5. The molecule has 0 aromatic carbocycles. The molecule has 0 fully saturated rings. The fourth-order valence-electron chi connectivity index (χ4n) is 1.94. The third-order valence-corrected chi connectivity index (χ3v) is 4.19. The summed E-state index contributed by atoms with van der Waals surface area (Å²) in [4.78, 5) is 2.41. The Kier molecular flexibility index (Phi) is 9.98. The van der Waals surface area contributed by atoms with E-state index in [2.05, 4.69) is 57.3 Å². The molecule has 3 nitrogen and oxygen atoms in total. The maximum absolute atomic E-state index is 5.19. The second kappa shape index (κ2) is 9.93. The Morgan fingerprint density at radius 3 is 1.90 bits per heavy atom. The van der Waals surface area contributed by atoms with E-state index >= 15 is 0 Å². The van der Waals surface area contributed by atoms with Crippen molar-refractivity contribution >= 4 is 8.07 Å². The molecule has 0 atom stereocenters. The Morgan fingerprint density at radius 1 is 1.00 bits per heavy atom. The molecule has 3 radical (unpaired) electrons. The van der Waals surface area contributed by atoms with Crippen molar-refractivity contribution in [1.29, 1.82) is 0 Å². The molecule has 0 N–H and O–H groups in total. The van der Waals surface area contributed by atoms with Crippen LogP contribution in [0.15, 0.2) is 0 Å². The lowest BCUT2D eigenvalue weighted by molar-refractivity contribution is 0.0957. The monoisotopic (exact) mass is 300 g/mol. The molecule has 0 saturated heterocycles. The van der Waals surface area contributed by atoms with Crippen LogP contribution in [0.2, 0.25) is 19.6 Å². The molecule has 4 heteroatoms. The molecule has 0 bridgehead atoms. The summed E-state index contributed by atoms with van der Waals surface area (Å²) >= 11 is 0. The lowest BCUT2D eigenvalue weighted by Gasteiger charge is -2.33. The maximum atomic E-state index is 5.19. The first kappa shape index (κ1) is 20.1. The summed E-state index contributed by atoms with van der Waals surface area (Å²) in [5, 5.41) is 0. The van der Waals surface area contributed by atoms with Gasteiger partial charge in [0, 0.05) is 41.9 Å². The Hall–Kier alpha value is 0.0969. The minimum Gasteiger partial charge on any atom is -0.383 e. The van der Waals surface area contributed by atoms with Crippen LogP contribution < -0.4 is 0 Å². The highest BCUT2D eigenvalue weighted by atomic mass is 28.3. The van der Waals surface area contributed by atoms with Crippen molar-refractivity contribution in [3.05, 3.63) is 18.9 Å². The Morgan fingerprint density at radius 2 is 1.50 bits per heavy atom. The maximum Gasteiger partial charge on any atom is 0.0589 e. The number of rotatable bonds is 12. The van der Waals surface area contributed by atoms with Crippen LogP contribution in [0.5, 0.6) is 0 Å². The average Bonchev–Trinajstić information content (AvgIpc) is 2.30. The summed E-state index contributed by atoms with van der Waals surface area (Å²) in [5.74, 6) is 0. The van der Waals surface area contributed by atoms with Crippen LogP contribution in [0.3, 0.4) is 0 Å². The summed E-state index contributed by atoms with van der Waals surface area (Å²) in [6, 6.07) is 2.39. The first-order chi connectivity index (χ1) is 9.20. The summed E-state index contributed by atoms with van der Waals surface area (Å²) in [6.45, 7) is 16.1. The van der Waals surface area contributed by atoms with Crippen LogP contribution in [-0.2, 0) is 9.47 Å². The van der Waals surface area contributed by atoms with Crippen molar-refractivity contribution in [2.45, 2.75) is 33.5 Å². The van der Waals surface area contributed by atoms with E-state index < -0.39 is 8.07 Å². The van der Waals surface area contributed by atoms with Crippen LogP contribution in [0.1, 0.15) is 13.8 Å². The van der Waals surface area contributed by atoms with Crippen LogP contribution in [-0.4, -0.2) is 60.0 Å². The van der Waals surface area contributed by atoms with E-state index in [1.807, 2.05) is 0 Å². The molecule has 0 aliphatic heterocycles. The van der Waals surface area contributed by atoms with Gasteiger partial charge in [-0.2, -0.15) is 0 Å². The van der Waals surface area contributed by atoms with E-state index in [4.69, 9.17) is 9.47 Å². The SMILES string of the molecule is COCCN(CCOC)CC(C)(C)[CH][CH][CH][Si](C)(C)C. The van der Waals surface area contributed by atoms with Crippen LogP contribution in [0.4, 0.5) is 0 Å². The van der Waals surface area contributed by atoms with Crippen molar-refractivity contribution in [2.75, 3.05) is 47.1 Å². The summed E-state index contributed by atoms with van der Waals surface area (Å²) in [6.07, 6.45) is 4.59. The standard InChI is InChI=1S/C16H34NO2Si/c1-16(2,9-8-14-20(5,6)7)15-17(10-12-18-3)11-13-19-4/h8-9,14H,10-13,15H2,1-7H3. The topological polar surface area (TPSA) is 21.7 Å². The minimum absolute atomic E-state index is 0.164. The average molecular weight is 301 g/mol. The molecule has 0 saturated carbocycles. The van der Waals surface area contributed by atoms with Gasteiger partial charge in [0.1, 0.15) is 0 Å². The van der Waals surface area contributed by atoms with E-state index in [0.29, 0.717) is 0 Å². The number of ether oxygens (including phenoxy) is 2. The number of hydrogen-bond donors (Lipinski definition) is 0. The largest absolute Gasteiger partial charge is 0.383 e.